The minimum atomic E-state index is -6.09. The van der Waals surface area contributed by atoms with E-state index in [0.29, 0.717) is 0 Å². The largest absolute Gasteiger partial charge is 0.741 e. The molecule has 9 rings (SSSR count). The van der Waals surface area contributed by atoms with Crippen LogP contribution < -0.4 is 9.13 Å². The third kappa shape index (κ3) is 7.96. The molecule has 0 fully saturated rings. The van der Waals surface area contributed by atoms with Gasteiger partial charge < -0.3 is 9.11 Å². The van der Waals surface area contributed by atoms with Gasteiger partial charge in [-0.2, -0.15) is 35.5 Å². The number of rotatable bonds is 2. The Morgan fingerprint density at radius 3 is 1.86 bits per heavy atom. The fourth-order valence-corrected chi connectivity index (χ4v) is 8.92. The first-order valence-corrected chi connectivity index (χ1v) is 21.5. The lowest BCUT2D eigenvalue weighted by Gasteiger charge is -2.27. The average Bonchev–Trinajstić information content (AvgIpc) is 3.56. The van der Waals surface area contributed by atoms with E-state index in [0.717, 1.165) is 25.9 Å². The predicted molar refractivity (Wildman–Crippen MR) is 212 cm³/mol. The van der Waals surface area contributed by atoms with Crippen LogP contribution in [0, 0.1) is 13.8 Å². The van der Waals surface area contributed by atoms with E-state index >= 15 is 0 Å². The van der Waals surface area contributed by atoms with Gasteiger partial charge in [0.25, 0.3) is 0 Å². The van der Waals surface area contributed by atoms with Crippen LogP contribution in [0.5, 0.6) is 0 Å². The highest BCUT2D eigenvalue weighted by atomic mass is 32.2. The van der Waals surface area contributed by atoms with E-state index in [4.69, 9.17) is 25.9 Å². The van der Waals surface area contributed by atoms with Crippen molar-refractivity contribution in [3.63, 3.8) is 0 Å². The summed E-state index contributed by atoms with van der Waals surface area (Å²) in [7, 11) is -12.2. The molecular weight excluding hydrogens is 839 g/mol. The third-order valence-corrected chi connectivity index (χ3v) is 12.9. The number of aryl methyl sites for hydroxylation is 1. The molecule has 0 saturated carbocycles. The molecule has 5 heterocycles. The van der Waals surface area contributed by atoms with Gasteiger partial charge in [-0.25, -0.2) is 16.8 Å². The van der Waals surface area contributed by atoms with Crippen LogP contribution >= 0.6 is 11.3 Å². The number of halogens is 6. The van der Waals surface area contributed by atoms with E-state index in [2.05, 4.69) is 132 Å². The van der Waals surface area contributed by atoms with Crippen LogP contribution in [0.4, 0.5) is 26.3 Å². The molecule has 2 aliphatic rings. The summed E-state index contributed by atoms with van der Waals surface area (Å²) in [5.74, 6) is 0. The molecule has 8 nitrogen and oxygen atoms in total. The number of pyridine rings is 2. The van der Waals surface area contributed by atoms with Gasteiger partial charge in [0, 0.05) is 57.3 Å². The smallest absolute Gasteiger partial charge is 0.485 e. The average molecular weight is 871 g/mol. The van der Waals surface area contributed by atoms with Crippen molar-refractivity contribution in [3.05, 3.63) is 131 Å². The highest BCUT2D eigenvalue weighted by Gasteiger charge is 2.39. The summed E-state index contributed by atoms with van der Waals surface area (Å²) >= 11 is 1.90. The lowest BCUT2D eigenvalue weighted by molar-refractivity contribution is -0.690. The van der Waals surface area contributed by atoms with E-state index in [1.54, 1.807) is 0 Å². The van der Waals surface area contributed by atoms with Crippen molar-refractivity contribution >= 4 is 74.7 Å². The number of hydrogen-bond acceptors (Lipinski definition) is 7. The number of thiophene rings is 1. The van der Waals surface area contributed by atoms with Gasteiger partial charge in [0.2, 0.25) is 17.1 Å². The summed E-state index contributed by atoms with van der Waals surface area (Å²) < 4.78 is 126. The second-order valence-corrected chi connectivity index (χ2v) is 17.6. The van der Waals surface area contributed by atoms with E-state index in [1.807, 2.05) is 11.3 Å². The fraction of sp³-hybridized carbons (Fsp3) is 0.190. The minimum Gasteiger partial charge on any atom is -0.741 e. The minimum absolute atomic E-state index is 0.991. The quantitative estimate of drug-likeness (QED) is 0.0740. The summed E-state index contributed by atoms with van der Waals surface area (Å²) in [6.45, 7) is 6.72. The molecule has 0 aliphatic carbocycles. The molecule has 0 radical (unpaired) electrons. The Hall–Kier alpha value is -5.20. The summed E-state index contributed by atoms with van der Waals surface area (Å²) in [4.78, 5) is 0. The maximum absolute atomic E-state index is 10.7. The molecule has 7 aromatic rings. The summed E-state index contributed by atoms with van der Waals surface area (Å²) in [6.07, 6.45) is 9.08. The van der Waals surface area contributed by atoms with Crippen LogP contribution in [0.2, 0.25) is 0 Å². The Bertz CT molecular complexity index is 3030. The van der Waals surface area contributed by atoms with Crippen molar-refractivity contribution in [2.75, 3.05) is 0 Å². The molecular formula is C42H32F6N2O6S3. The van der Waals surface area contributed by atoms with Crippen molar-refractivity contribution in [2.45, 2.75) is 50.8 Å². The molecule has 0 atom stereocenters. The standard InChI is InChI=1S/C40H32N2S.2CHF3O3S/c1-25-26(2)31-20-23-41-22-19-27-9-3-4-12-32(27)39(41)38(31)37-30(25)21-24-42-29(11-8-15-35(37)42)18-17-28-10-7-14-34-33-13-5-6-16-36(33)43-40(28)34;2*2-1(3,4)8(5,6)7/h3-19,22H,20-21,23-24H2,1-2H3;2*(H,5,6,7)/q+2;;/p-2/b18-17+;;. The summed E-state index contributed by atoms with van der Waals surface area (Å²) in [5, 5.41) is 5.35. The van der Waals surface area contributed by atoms with Crippen molar-refractivity contribution in [2.24, 2.45) is 0 Å². The first kappa shape index (κ1) is 41.9. The predicted octanol–water partition coefficient (Wildman–Crippen LogP) is 9.12. The van der Waals surface area contributed by atoms with E-state index < -0.39 is 31.3 Å². The van der Waals surface area contributed by atoms with Crippen molar-refractivity contribution in [1.82, 2.24) is 0 Å². The maximum Gasteiger partial charge on any atom is 0.485 e. The molecule has 3 aromatic heterocycles. The second kappa shape index (κ2) is 15.4. The lowest BCUT2D eigenvalue weighted by atomic mass is 9.79. The molecule has 4 aromatic carbocycles. The first-order chi connectivity index (χ1) is 27.7. The molecule has 0 N–H and O–H groups in total. The Labute approximate surface area is 338 Å². The normalized spacial score (nSPS) is 13.9. The van der Waals surface area contributed by atoms with E-state index in [9.17, 15) is 26.3 Å². The van der Waals surface area contributed by atoms with Gasteiger partial charge in [-0.1, -0.05) is 54.6 Å². The van der Waals surface area contributed by atoms with Crippen LogP contribution in [-0.2, 0) is 46.2 Å². The Kier molecular flexibility index (Phi) is 11.0. The van der Waals surface area contributed by atoms with Gasteiger partial charge >= 0.3 is 11.0 Å². The monoisotopic (exact) mass is 870 g/mol. The first-order valence-electron chi connectivity index (χ1n) is 17.9. The van der Waals surface area contributed by atoms with Crippen LogP contribution in [-0.4, -0.2) is 37.0 Å². The molecule has 306 valence electrons. The second-order valence-electron chi connectivity index (χ2n) is 13.8. The number of alkyl halides is 6. The number of fused-ring (bicyclic) bond motifs is 12. The zero-order valence-corrected chi connectivity index (χ0v) is 33.5. The third-order valence-electron chi connectivity index (χ3n) is 10.5. The molecule has 0 unspecified atom stereocenters. The van der Waals surface area contributed by atoms with Crippen molar-refractivity contribution in [3.8, 4) is 22.5 Å². The fourth-order valence-electron chi connectivity index (χ4n) is 7.72. The van der Waals surface area contributed by atoms with Gasteiger partial charge in [0.15, 0.2) is 39.5 Å². The molecule has 0 saturated heterocycles. The van der Waals surface area contributed by atoms with Crippen molar-refractivity contribution < 1.29 is 61.4 Å². The van der Waals surface area contributed by atoms with Crippen LogP contribution in [0.25, 0.3) is 65.6 Å². The van der Waals surface area contributed by atoms with E-state index in [1.165, 1.54) is 87.0 Å². The zero-order chi connectivity index (χ0) is 42.7. The molecule has 17 heteroatoms. The molecule has 0 bridgehead atoms. The van der Waals surface area contributed by atoms with Gasteiger partial charge in [-0.3, -0.25) is 0 Å². The van der Waals surface area contributed by atoms with Gasteiger partial charge in [0.05, 0.1) is 16.5 Å². The Morgan fingerprint density at radius 2 is 1.20 bits per heavy atom. The maximum atomic E-state index is 10.7. The molecule has 0 spiro atoms. The molecule has 59 heavy (non-hydrogen) atoms. The topological polar surface area (TPSA) is 122 Å². The highest BCUT2D eigenvalue weighted by molar-refractivity contribution is 7.86. The van der Waals surface area contributed by atoms with E-state index in [-0.39, 0.29) is 0 Å². The van der Waals surface area contributed by atoms with Crippen LogP contribution in [0.1, 0.15) is 33.5 Å². The highest BCUT2D eigenvalue weighted by Crippen LogP contribution is 2.45. The molecule has 0 amide bonds. The number of nitrogens with zero attached hydrogens (tertiary/aromatic N) is 2. The van der Waals surface area contributed by atoms with Gasteiger partial charge in [-0.15, -0.1) is 11.3 Å². The van der Waals surface area contributed by atoms with Gasteiger partial charge in [-0.05, 0) is 71.3 Å². The number of aromatic nitrogens is 2. The lowest BCUT2D eigenvalue weighted by Crippen LogP contribution is -2.45. The summed E-state index contributed by atoms with van der Waals surface area (Å²) in [5.41, 5.74) is 2.87. The Morgan fingerprint density at radius 1 is 0.644 bits per heavy atom. The number of hydrogen-bond donors (Lipinski definition) is 0. The number of benzene rings is 4. The zero-order valence-electron chi connectivity index (χ0n) is 31.1. The summed E-state index contributed by atoms with van der Waals surface area (Å²) in [6, 6.07) is 33.5. The Balaban J connectivity index is 0.000000281. The van der Waals surface area contributed by atoms with Gasteiger partial charge in [0.1, 0.15) is 0 Å². The van der Waals surface area contributed by atoms with Crippen LogP contribution in [0.3, 0.4) is 0 Å². The molecule has 2 aliphatic heterocycles. The SMILES string of the molecule is Cc1c(C)c2c(c3c1CC[n+]1ccc4ccccc4c1-3)-c1cccc(/C=C/c3cccc4c3sc3ccccc34)[n+]1CC2.O=S(=O)([O-])C(F)(F)F.O=S(=O)([O-])C(F)(F)F. The van der Waals surface area contributed by atoms with Crippen LogP contribution in [0.15, 0.2) is 97.2 Å². The van der Waals surface area contributed by atoms with Crippen molar-refractivity contribution in [1.29, 1.82) is 0 Å².